The molecule has 6 heteroatoms. The van der Waals surface area contributed by atoms with Crippen LogP contribution in [0.4, 0.5) is 5.69 Å². The molecule has 0 spiro atoms. The van der Waals surface area contributed by atoms with Gasteiger partial charge in [0.2, 0.25) is 10.0 Å². The van der Waals surface area contributed by atoms with Crippen molar-refractivity contribution in [3.63, 3.8) is 0 Å². The number of aromatic nitrogens is 1. The predicted molar refractivity (Wildman–Crippen MR) is 98.7 cm³/mol. The molecule has 1 aromatic carbocycles. The average Bonchev–Trinajstić information content (AvgIpc) is 3.27. The fourth-order valence-corrected chi connectivity index (χ4v) is 5.16. The van der Waals surface area contributed by atoms with Crippen molar-refractivity contribution in [1.82, 2.24) is 9.29 Å². The van der Waals surface area contributed by atoms with Crippen LogP contribution in [0, 0.1) is 0 Å². The van der Waals surface area contributed by atoms with Gasteiger partial charge in [0, 0.05) is 36.5 Å². The van der Waals surface area contributed by atoms with E-state index >= 15 is 0 Å². The van der Waals surface area contributed by atoms with Crippen LogP contribution in [0.3, 0.4) is 0 Å². The molecule has 2 aliphatic heterocycles. The van der Waals surface area contributed by atoms with Crippen molar-refractivity contribution < 1.29 is 8.42 Å². The first-order valence-electron chi connectivity index (χ1n) is 8.51. The largest absolute Gasteiger partial charge is 0.399 e. The third-order valence-corrected chi connectivity index (χ3v) is 6.96. The predicted octanol–water partition coefficient (Wildman–Crippen LogP) is 2.94. The lowest BCUT2D eigenvalue weighted by Crippen LogP contribution is -2.38. The molecular weight excluding hydrogens is 334 g/mol. The number of allylic oxidation sites excluding steroid dienone is 1. The van der Waals surface area contributed by atoms with Crippen molar-refractivity contribution in [2.45, 2.75) is 30.1 Å². The highest BCUT2D eigenvalue weighted by molar-refractivity contribution is 7.89. The fourth-order valence-electron chi connectivity index (χ4n) is 3.69. The standard InChI is InChI=1S/C19H21N3O2S/c1-2-3-17-19(16-12-18(16)21-17)13-8-10-22(11-9-13)25(23,24)15-6-4-14(20)5-7-15/h2,4-7,12-13H,1,3,8-11,20H2. The van der Waals surface area contributed by atoms with Crippen LogP contribution in [0.5, 0.6) is 0 Å². The zero-order valence-corrected chi connectivity index (χ0v) is 14.8. The van der Waals surface area contributed by atoms with E-state index in [0.717, 1.165) is 30.7 Å². The van der Waals surface area contributed by atoms with Gasteiger partial charge in [0.25, 0.3) is 0 Å². The molecule has 0 amide bonds. The second-order valence-corrected chi connectivity index (χ2v) is 8.59. The molecule has 0 unspecified atom stereocenters. The molecule has 2 N–H and O–H groups in total. The van der Waals surface area contributed by atoms with Gasteiger partial charge in [-0.3, -0.25) is 4.98 Å². The number of nitrogens with zero attached hydrogens (tertiary/aromatic N) is 2. The van der Waals surface area contributed by atoms with Crippen molar-refractivity contribution in [2.75, 3.05) is 18.8 Å². The molecule has 0 radical (unpaired) electrons. The summed E-state index contributed by atoms with van der Waals surface area (Å²) in [7, 11) is -3.45. The van der Waals surface area contributed by atoms with Crippen LogP contribution < -0.4 is 5.73 Å². The number of nitrogens with two attached hydrogens (primary N) is 1. The summed E-state index contributed by atoms with van der Waals surface area (Å²) in [6.45, 7) is 4.87. The van der Waals surface area contributed by atoms with Crippen molar-refractivity contribution in [3.8, 4) is 11.3 Å². The van der Waals surface area contributed by atoms with E-state index in [9.17, 15) is 8.42 Å². The summed E-state index contributed by atoms with van der Waals surface area (Å²) < 4.78 is 27.2. The molecule has 3 aliphatic rings. The van der Waals surface area contributed by atoms with Crippen LogP contribution in [0.25, 0.3) is 11.3 Å². The van der Waals surface area contributed by atoms with E-state index in [1.54, 1.807) is 28.6 Å². The monoisotopic (exact) mass is 355 g/mol. The summed E-state index contributed by atoms with van der Waals surface area (Å²) in [6, 6.07) is 8.52. The summed E-state index contributed by atoms with van der Waals surface area (Å²) in [4.78, 5) is 4.93. The molecule has 5 nitrogen and oxygen atoms in total. The highest BCUT2D eigenvalue weighted by Crippen LogP contribution is 2.45. The van der Waals surface area contributed by atoms with Gasteiger partial charge in [-0.1, -0.05) is 6.08 Å². The molecule has 0 bridgehead atoms. The van der Waals surface area contributed by atoms with Crippen LogP contribution in [-0.2, 0) is 16.4 Å². The Kier molecular flexibility index (Phi) is 3.89. The quantitative estimate of drug-likeness (QED) is 0.564. The lowest BCUT2D eigenvalue weighted by Gasteiger charge is -2.31. The molecule has 25 heavy (non-hydrogen) atoms. The number of hydrogen-bond donors (Lipinski definition) is 1. The van der Waals surface area contributed by atoms with Gasteiger partial charge >= 0.3 is 0 Å². The maximum atomic E-state index is 12.8. The molecule has 130 valence electrons. The third kappa shape index (κ3) is 2.85. The molecule has 4 rings (SSSR count). The first-order valence-corrected chi connectivity index (χ1v) is 9.95. The number of benzene rings is 1. The summed E-state index contributed by atoms with van der Waals surface area (Å²) >= 11 is 0. The lowest BCUT2D eigenvalue weighted by molar-refractivity contribution is 0.319. The number of rotatable bonds is 5. The molecule has 2 heterocycles. The Balaban J connectivity index is 1.49. The minimum absolute atomic E-state index is 0.308. The van der Waals surface area contributed by atoms with Gasteiger partial charge in [-0.2, -0.15) is 4.31 Å². The maximum absolute atomic E-state index is 12.8. The van der Waals surface area contributed by atoms with Gasteiger partial charge in [-0.05, 0) is 54.7 Å². The highest BCUT2D eigenvalue weighted by Gasteiger charge is 2.35. The van der Waals surface area contributed by atoms with E-state index in [2.05, 4.69) is 17.6 Å². The van der Waals surface area contributed by atoms with Crippen molar-refractivity contribution >= 4 is 15.7 Å². The average molecular weight is 355 g/mol. The van der Waals surface area contributed by atoms with E-state index in [4.69, 9.17) is 5.73 Å². The van der Waals surface area contributed by atoms with Crippen LogP contribution in [0.1, 0.15) is 30.0 Å². The summed E-state index contributed by atoms with van der Waals surface area (Å²) in [5, 5.41) is 0. The van der Waals surface area contributed by atoms with Gasteiger partial charge in [0.05, 0.1) is 10.6 Å². The normalized spacial score (nSPS) is 17.4. The van der Waals surface area contributed by atoms with Crippen LogP contribution in [0.15, 0.2) is 47.9 Å². The first kappa shape index (κ1) is 16.3. The Morgan fingerprint density at radius 2 is 1.92 bits per heavy atom. The van der Waals surface area contributed by atoms with Crippen LogP contribution in [-0.4, -0.2) is 30.8 Å². The zero-order valence-electron chi connectivity index (χ0n) is 14.0. The summed E-state index contributed by atoms with van der Waals surface area (Å²) in [5.41, 5.74) is 11.0. The molecule has 1 aromatic rings. The van der Waals surface area contributed by atoms with Gasteiger partial charge in [-0.25, -0.2) is 8.42 Å². The molecular formula is C19H21N3O2S. The first-order chi connectivity index (χ1) is 12.0. The molecule has 1 aliphatic carbocycles. The highest BCUT2D eigenvalue weighted by atomic mass is 32.2. The minimum atomic E-state index is -3.45. The Morgan fingerprint density at radius 1 is 1.24 bits per heavy atom. The smallest absolute Gasteiger partial charge is 0.243 e. The van der Waals surface area contributed by atoms with Crippen molar-refractivity contribution in [1.29, 1.82) is 0 Å². The number of hydrogen-bond acceptors (Lipinski definition) is 4. The van der Waals surface area contributed by atoms with E-state index in [1.165, 1.54) is 11.1 Å². The van der Waals surface area contributed by atoms with Crippen molar-refractivity contribution in [3.05, 3.63) is 54.2 Å². The zero-order chi connectivity index (χ0) is 17.6. The van der Waals surface area contributed by atoms with Gasteiger partial charge in [0.1, 0.15) is 0 Å². The van der Waals surface area contributed by atoms with Crippen LogP contribution in [0.2, 0.25) is 0 Å². The Bertz CT molecular complexity index is 928. The summed E-state index contributed by atoms with van der Waals surface area (Å²) in [6.07, 6.45) is 4.31. The van der Waals surface area contributed by atoms with Gasteiger partial charge in [-0.15, -0.1) is 6.58 Å². The Hall–Kier alpha value is -2.18. The van der Waals surface area contributed by atoms with E-state index in [0.29, 0.717) is 29.6 Å². The second kappa shape index (κ2) is 5.97. The number of sulfonamides is 1. The van der Waals surface area contributed by atoms with Crippen molar-refractivity contribution in [2.24, 2.45) is 0 Å². The Labute approximate surface area is 148 Å². The molecule has 0 aromatic heterocycles. The SMILES string of the molecule is C=CCc1nc2cc-2c1C1CCN(S(=O)(=O)c2ccc(N)cc2)CC1. The number of nitrogen functional groups attached to an aromatic ring is 1. The van der Waals surface area contributed by atoms with E-state index in [1.807, 2.05) is 6.08 Å². The fraction of sp³-hybridized carbons (Fsp3) is 0.316. The molecule has 0 atom stereocenters. The maximum Gasteiger partial charge on any atom is 0.243 e. The number of fused-ring (bicyclic) bond motifs is 1. The van der Waals surface area contributed by atoms with Crippen LogP contribution >= 0.6 is 0 Å². The molecule has 0 saturated carbocycles. The minimum Gasteiger partial charge on any atom is -0.399 e. The number of pyridine rings is 1. The second-order valence-electron chi connectivity index (χ2n) is 6.66. The van der Waals surface area contributed by atoms with Gasteiger partial charge < -0.3 is 5.73 Å². The summed E-state index contributed by atoms with van der Waals surface area (Å²) in [5.74, 6) is 0.378. The molecule has 1 saturated heterocycles. The Morgan fingerprint density at radius 3 is 2.56 bits per heavy atom. The van der Waals surface area contributed by atoms with E-state index in [-0.39, 0.29) is 0 Å². The van der Waals surface area contributed by atoms with Gasteiger partial charge in [0.15, 0.2) is 0 Å². The number of anilines is 1. The lowest BCUT2D eigenvalue weighted by atomic mass is 9.88. The third-order valence-electron chi connectivity index (χ3n) is 5.05. The van der Waals surface area contributed by atoms with E-state index < -0.39 is 10.0 Å². The topological polar surface area (TPSA) is 76.3 Å². The molecule has 1 fully saturated rings. The number of piperidine rings is 1.